The molecule has 1 aromatic carbocycles. The Kier molecular flexibility index (Phi) is 4.93. The maximum absolute atomic E-state index is 11.1. The van der Waals surface area contributed by atoms with Gasteiger partial charge in [-0.1, -0.05) is 28.1 Å². The molecule has 1 nitrogen and oxygen atoms in total. The molecule has 0 unspecified atom stereocenters. The van der Waals surface area contributed by atoms with Gasteiger partial charge in [-0.05, 0) is 17.2 Å². The zero-order chi connectivity index (χ0) is 10.6. The first-order valence-corrected chi connectivity index (χ1v) is 5.94. The van der Waals surface area contributed by atoms with Crippen LogP contribution in [0.25, 0.3) is 0 Å². The molecule has 0 bridgehead atoms. The molecular weight excluding hydrogens is 287 g/mol. The molecular formula is C10H9BrCl2O. The molecule has 4 heteroatoms. The fraction of sp³-hybridized carbons (Fsp3) is 0.300. The third-order valence-corrected chi connectivity index (χ3v) is 3.15. The summed E-state index contributed by atoms with van der Waals surface area (Å²) in [6.45, 7) is 0. The summed E-state index contributed by atoms with van der Waals surface area (Å²) in [6.07, 6.45) is 0.368. The Hall–Kier alpha value is -0.0500. The third kappa shape index (κ3) is 3.26. The number of alkyl halides is 2. The molecule has 0 aliphatic rings. The van der Waals surface area contributed by atoms with Crippen molar-refractivity contribution in [3.05, 3.63) is 33.8 Å². The number of carbonyl (C=O) groups is 1. The minimum absolute atomic E-state index is 0.0194. The predicted molar refractivity (Wildman–Crippen MR) is 63.1 cm³/mol. The van der Waals surface area contributed by atoms with Crippen LogP contribution in [0.2, 0.25) is 0 Å². The Morgan fingerprint density at radius 2 is 2.07 bits per heavy atom. The van der Waals surface area contributed by atoms with Gasteiger partial charge in [-0.25, -0.2) is 0 Å². The van der Waals surface area contributed by atoms with E-state index in [2.05, 4.69) is 15.9 Å². The molecule has 76 valence electrons. The number of halogens is 3. The fourth-order valence-electron chi connectivity index (χ4n) is 1.08. The lowest BCUT2D eigenvalue weighted by Crippen LogP contribution is -2.04. The second-order valence-corrected chi connectivity index (χ2v) is 4.30. The quantitative estimate of drug-likeness (QED) is 0.777. The van der Waals surface area contributed by atoms with Crippen LogP contribution in [0.1, 0.15) is 11.1 Å². The number of ketones is 1. The van der Waals surface area contributed by atoms with Crippen LogP contribution in [0.15, 0.2) is 22.7 Å². The van der Waals surface area contributed by atoms with Crippen molar-refractivity contribution in [2.24, 2.45) is 0 Å². The van der Waals surface area contributed by atoms with Crippen molar-refractivity contribution in [3.8, 4) is 0 Å². The molecule has 0 N–H and O–H groups in total. The molecule has 0 saturated heterocycles. The van der Waals surface area contributed by atoms with Gasteiger partial charge in [-0.15, -0.1) is 23.2 Å². The number of rotatable bonds is 4. The highest BCUT2D eigenvalue weighted by Crippen LogP contribution is 2.20. The van der Waals surface area contributed by atoms with E-state index in [0.29, 0.717) is 12.3 Å². The van der Waals surface area contributed by atoms with Crippen molar-refractivity contribution in [3.63, 3.8) is 0 Å². The Bertz CT molecular complexity index is 339. The topological polar surface area (TPSA) is 17.1 Å². The molecule has 0 aliphatic carbocycles. The van der Waals surface area contributed by atoms with E-state index >= 15 is 0 Å². The molecule has 0 heterocycles. The largest absolute Gasteiger partial charge is 0.298 e. The first-order valence-electron chi connectivity index (χ1n) is 4.08. The van der Waals surface area contributed by atoms with Gasteiger partial charge in [0.1, 0.15) is 0 Å². The van der Waals surface area contributed by atoms with Crippen LogP contribution in [-0.2, 0) is 17.1 Å². The van der Waals surface area contributed by atoms with Crippen LogP contribution in [0, 0.1) is 0 Å². The minimum Gasteiger partial charge on any atom is -0.298 e. The van der Waals surface area contributed by atoms with Gasteiger partial charge in [0.15, 0.2) is 5.78 Å². The molecule has 0 radical (unpaired) electrons. The van der Waals surface area contributed by atoms with Crippen molar-refractivity contribution in [2.45, 2.75) is 12.3 Å². The highest BCUT2D eigenvalue weighted by atomic mass is 79.9. The van der Waals surface area contributed by atoms with Gasteiger partial charge >= 0.3 is 0 Å². The zero-order valence-electron chi connectivity index (χ0n) is 7.40. The molecule has 0 fully saturated rings. The van der Waals surface area contributed by atoms with Gasteiger partial charge < -0.3 is 0 Å². The average molecular weight is 296 g/mol. The Labute approximate surface area is 102 Å². The molecule has 0 spiro atoms. The van der Waals surface area contributed by atoms with Gasteiger partial charge in [0.05, 0.1) is 5.88 Å². The van der Waals surface area contributed by atoms with Crippen LogP contribution in [0.4, 0.5) is 0 Å². The van der Waals surface area contributed by atoms with E-state index in [1.54, 1.807) is 0 Å². The van der Waals surface area contributed by atoms with Crippen molar-refractivity contribution >= 4 is 44.9 Å². The first kappa shape index (κ1) is 12.0. The van der Waals surface area contributed by atoms with Crippen LogP contribution in [-0.4, -0.2) is 11.7 Å². The van der Waals surface area contributed by atoms with Crippen molar-refractivity contribution in [2.75, 3.05) is 5.88 Å². The van der Waals surface area contributed by atoms with E-state index in [4.69, 9.17) is 23.2 Å². The Morgan fingerprint density at radius 1 is 1.36 bits per heavy atom. The lowest BCUT2D eigenvalue weighted by atomic mass is 10.1. The number of benzene rings is 1. The second kappa shape index (κ2) is 5.74. The summed E-state index contributed by atoms with van der Waals surface area (Å²) in [5.74, 6) is 0.553. The maximum Gasteiger partial charge on any atom is 0.151 e. The summed E-state index contributed by atoms with van der Waals surface area (Å²) < 4.78 is 0.911. The smallest absolute Gasteiger partial charge is 0.151 e. The zero-order valence-corrected chi connectivity index (χ0v) is 10.5. The first-order chi connectivity index (χ1) is 6.67. The van der Waals surface area contributed by atoms with Crippen LogP contribution < -0.4 is 0 Å². The van der Waals surface area contributed by atoms with Gasteiger partial charge in [0, 0.05) is 16.8 Å². The lowest BCUT2D eigenvalue weighted by molar-refractivity contribution is -0.116. The van der Waals surface area contributed by atoms with E-state index in [1.807, 2.05) is 18.2 Å². The molecule has 0 aliphatic heterocycles. The van der Waals surface area contributed by atoms with Crippen molar-refractivity contribution < 1.29 is 4.79 Å². The monoisotopic (exact) mass is 294 g/mol. The standard InChI is InChI=1S/C10H9BrCl2O/c11-10-3-7(5-12)1-2-8(10)4-9(14)6-13/h1-3H,4-6H2. The van der Waals surface area contributed by atoms with Gasteiger partial charge in [-0.2, -0.15) is 0 Å². The van der Waals surface area contributed by atoms with Crippen LogP contribution >= 0.6 is 39.1 Å². The Balaban J connectivity index is 2.83. The van der Waals surface area contributed by atoms with Crippen LogP contribution in [0.3, 0.4) is 0 Å². The molecule has 1 rings (SSSR count). The van der Waals surface area contributed by atoms with Gasteiger partial charge in [0.2, 0.25) is 0 Å². The average Bonchev–Trinajstić information content (AvgIpc) is 2.20. The molecule has 0 aromatic heterocycles. The number of Topliss-reactive ketones (excluding diaryl/α,β-unsaturated/α-hetero) is 1. The van der Waals surface area contributed by atoms with Crippen molar-refractivity contribution in [1.29, 1.82) is 0 Å². The fourth-order valence-corrected chi connectivity index (χ4v) is 1.90. The molecule has 0 atom stereocenters. The van der Waals surface area contributed by atoms with E-state index < -0.39 is 0 Å². The SMILES string of the molecule is O=C(CCl)Cc1ccc(CCl)cc1Br. The minimum atomic E-state index is 0.0194. The highest BCUT2D eigenvalue weighted by Gasteiger charge is 2.06. The van der Waals surface area contributed by atoms with E-state index in [-0.39, 0.29) is 11.7 Å². The Morgan fingerprint density at radius 3 is 2.57 bits per heavy atom. The number of hydrogen-bond acceptors (Lipinski definition) is 1. The summed E-state index contributed by atoms with van der Waals surface area (Å²) in [4.78, 5) is 11.1. The maximum atomic E-state index is 11.1. The molecule has 0 amide bonds. The normalized spacial score (nSPS) is 10.2. The third-order valence-electron chi connectivity index (χ3n) is 1.81. The lowest BCUT2D eigenvalue weighted by Gasteiger charge is -2.04. The summed E-state index contributed by atoms with van der Waals surface area (Å²) in [5.41, 5.74) is 1.98. The second-order valence-electron chi connectivity index (χ2n) is 2.91. The van der Waals surface area contributed by atoms with E-state index in [9.17, 15) is 4.79 Å². The predicted octanol–water partition coefficient (Wildman–Crippen LogP) is 3.54. The van der Waals surface area contributed by atoms with E-state index in [0.717, 1.165) is 15.6 Å². The van der Waals surface area contributed by atoms with Crippen molar-refractivity contribution in [1.82, 2.24) is 0 Å². The summed E-state index contributed by atoms with van der Waals surface area (Å²) >= 11 is 14.5. The molecule has 0 saturated carbocycles. The molecule has 14 heavy (non-hydrogen) atoms. The number of carbonyl (C=O) groups excluding carboxylic acids is 1. The summed E-state index contributed by atoms with van der Waals surface area (Å²) in [7, 11) is 0. The number of hydrogen-bond donors (Lipinski definition) is 0. The summed E-state index contributed by atoms with van der Waals surface area (Å²) in [6, 6.07) is 5.73. The highest BCUT2D eigenvalue weighted by molar-refractivity contribution is 9.10. The van der Waals surface area contributed by atoms with Gasteiger partial charge in [0.25, 0.3) is 0 Å². The molecule has 1 aromatic rings. The van der Waals surface area contributed by atoms with Crippen LogP contribution in [0.5, 0.6) is 0 Å². The summed E-state index contributed by atoms with van der Waals surface area (Å²) in [5, 5.41) is 0. The van der Waals surface area contributed by atoms with Gasteiger partial charge in [-0.3, -0.25) is 4.79 Å². The van der Waals surface area contributed by atoms with E-state index in [1.165, 1.54) is 0 Å².